The average molecular weight is 378 g/mol. The second-order valence-corrected chi connectivity index (χ2v) is 8.79. The summed E-state index contributed by atoms with van der Waals surface area (Å²) in [5.41, 5.74) is -0.326. The fourth-order valence-electron chi connectivity index (χ4n) is 4.12. The van der Waals surface area contributed by atoms with E-state index in [1.807, 2.05) is 11.8 Å². The van der Waals surface area contributed by atoms with Crippen molar-refractivity contribution >= 4 is 23.6 Å². The summed E-state index contributed by atoms with van der Waals surface area (Å²) in [5, 5.41) is 7.61. The first-order valence-corrected chi connectivity index (χ1v) is 10.7. The maximum Gasteiger partial charge on any atom is 0.233 e. The number of thioether (sulfide) groups is 1. The van der Waals surface area contributed by atoms with Gasteiger partial charge in [-0.1, -0.05) is 18.7 Å². The van der Waals surface area contributed by atoms with Crippen LogP contribution in [0.1, 0.15) is 44.9 Å². The lowest BCUT2D eigenvalue weighted by Crippen LogP contribution is -2.51. The molecule has 2 saturated heterocycles. The van der Waals surface area contributed by atoms with Crippen molar-refractivity contribution in [2.45, 2.75) is 50.6 Å². The molecule has 0 radical (unpaired) electrons. The zero-order valence-electron chi connectivity index (χ0n) is 15.4. The molecule has 8 heteroatoms. The third-order valence-electron chi connectivity index (χ3n) is 5.88. The molecule has 1 spiro atoms. The van der Waals surface area contributed by atoms with E-state index < -0.39 is 0 Å². The number of H-pyrrole nitrogens is 1. The van der Waals surface area contributed by atoms with Crippen LogP contribution in [-0.4, -0.2) is 68.7 Å². The van der Waals surface area contributed by atoms with Crippen LogP contribution in [0.5, 0.6) is 0 Å². The normalized spacial score (nSPS) is 26.1. The Kier molecular flexibility index (Phi) is 4.94. The minimum absolute atomic E-state index is 0.0850. The molecule has 2 amide bonds. The van der Waals surface area contributed by atoms with Crippen LogP contribution in [0.25, 0.3) is 0 Å². The first-order chi connectivity index (χ1) is 12.6. The molecule has 0 aromatic carbocycles. The van der Waals surface area contributed by atoms with Gasteiger partial charge in [0.15, 0.2) is 0 Å². The topological polar surface area (TPSA) is 82.2 Å². The van der Waals surface area contributed by atoms with E-state index in [2.05, 4.69) is 20.1 Å². The van der Waals surface area contributed by atoms with Crippen molar-refractivity contribution in [2.24, 2.45) is 11.3 Å². The molecule has 1 atom stereocenters. The van der Waals surface area contributed by atoms with E-state index in [0.29, 0.717) is 29.9 Å². The Balaban J connectivity index is 1.33. The van der Waals surface area contributed by atoms with Crippen LogP contribution in [0.15, 0.2) is 5.16 Å². The maximum absolute atomic E-state index is 13.1. The predicted molar refractivity (Wildman–Crippen MR) is 98.7 cm³/mol. The molecule has 1 saturated carbocycles. The second-order valence-electron chi connectivity index (χ2n) is 7.85. The van der Waals surface area contributed by atoms with Crippen LogP contribution in [-0.2, 0) is 16.0 Å². The number of carbonyl (C=O) groups excluding carboxylic acids is 2. The summed E-state index contributed by atoms with van der Waals surface area (Å²) in [4.78, 5) is 33.9. The average Bonchev–Trinajstić information content (AvgIpc) is 3.18. The molecule has 142 valence electrons. The van der Waals surface area contributed by atoms with Crippen LogP contribution in [0.4, 0.5) is 0 Å². The van der Waals surface area contributed by atoms with Gasteiger partial charge in [-0.2, -0.15) is 0 Å². The van der Waals surface area contributed by atoms with E-state index in [-0.39, 0.29) is 11.3 Å². The molecule has 7 nitrogen and oxygen atoms in total. The van der Waals surface area contributed by atoms with Crippen molar-refractivity contribution in [2.75, 3.05) is 31.9 Å². The van der Waals surface area contributed by atoms with Gasteiger partial charge in [0.25, 0.3) is 0 Å². The van der Waals surface area contributed by atoms with Gasteiger partial charge in [0.05, 0.1) is 11.2 Å². The Morgan fingerprint density at radius 3 is 2.92 bits per heavy atom. The molecule has 3 aliphatic rings. The quantitative estimate of drug-likeness (QED) is 0.763. The number of likely N-dealkylation sites (tertiary alicyclic amines) is 2. The van der Waals surface area contributed by atoms with Crippen molar-refractivity contribution in [3.05, 3.63) is 5.82 Å². The van der Waals surface area contributed by atoms with Gasteiger partial charge < -0.3 is 9.80 Å². The summed E-state index contributed by atoms with van der Waals surface area (Å²) < 4.78 is 0. The van der Waals surface area contributed by atoms with Crippen molar-refractivity contribution in [3.63, 3.8) is 0 Å². The summed E-state index contributed by atoms with van der Waals surface area (Å²) in [5.74, 6) is 2.27. The Bertz CT molecular complexity index is 689. The second kappa shape index (κ2) is 7.21. The van der Waals surface area contributed by atoms with Crippen LogP contribution < -0.4 is 0 Å². The molecule has 1 aliphatic carbocycles. The summed E-state index contributed by atoms with van der Waals surface area (Å²) in [7, 11) is 0. The first kappa shape index (κ1) is 17.8. The molecule has 3 heterocycles. The molecule has 4 rings (SSSR count). The van der Waals surface area contributed by atoms with E-state index in [0.717, 1.165) is 50.5 Å². The first-order valence-electron chi connectivity index (χ1n) is 9.71. The number of rotatable bonds is 6. The zero-order valence-corrected chi connectivity index (χ0v) is 16.2. The highest BCUT2D eigenvalue weighted by atomic mass is 32.2. The summed E-state index contributed by atoms with van der Waals surface area (Å²) in [6.07, 6.45) is 6.12. The lowest BCUT2D eigenvalue weighted by molar-refractivity contribution is -0.146. The summed E-state index contributed by atoms with van der Waals surface area (Å²) >= 11 is 1.36. The number of piperidine rings is 1. The van der Waals surface area contributed by atoms with Crippen LogP contribution in [0, 0.1) is 11.3 Å². The number of amides is 2. The van der Waals surface area contributed by atoms with E-state index in [1.165, 1.54) is 24.6 Å². The molecule has 1 aromatic heterocycles. The molecule has 1 aromatic rings. The number of hydrogen-bond donors (Lipinski definition) is 1. The standard InChI is InChI=1S/C18H27N5O2S/c1-2-14-19-17(21-20-14)26-11-15(24)23-9-7-18(12-23)6-3-8-22(16(18)25)10-13-4-5-13/h13H,2-12H2,1H3,(H,19,20,21)/t18-/m0/s1. The Labute approximate surface area is 158 Å². The minimum atomic E-state index is -0.326. The van der Waals surface area contributed by atoms with Crippen molar-refractivity contribution in [1.29, 1.82) is 0 Å². The highest BCUT2D eigenvalue weighted by Crippen LogP contribution is 2.41. The van der Waals surface area contributed by atoms with E-state index in [4.69, 9.17) is 0 Å². The molecule has 26 heavy (non-hydrogen) atoms. The smallest absolute Gasteiger partial charge is 0.233 e. The number of aryl methyl sites for hydroxylation is 1. The highest BCUT2D eigenvalue weighted by Gasteiger charge is 2.49. The summed E-state index contributed by atoms with van der Waals surface area (Å²) in [6.45, 7) is 5.11. The largest absolute Gasteiger partial charge is 0.342 e. The van der Waals surface area contributed by atoms with Gasteiger partial charge in [0.1, 0.15) is 5.82 Å². The van der Waals surface area contributed by atoms with E-state index in [9.17, 15) is 9.59 Å². The van der Waals surface area contributed by atoms with Crippen LogP contribution in [0.3, 0.4) is 0 Å². The fourth-order valence-corrected chi connectivity index (χ4v) is 4.84. The van der Waals surface area contributed by atoms with Gasteiger partial charge in [-0.3, -0.25) is 14.7 Å². The Morgan fingerprint density at radius 2 is 2.19 bits per heavy atom. The maximum atomic E-state index is 13.1. The van der Waals surface area contributed by atoms with Gasteiger partial charge in [-0.25, -0.2) is 4.98 Å². The molecule has 3 fully saturated rings. The number of nitrogens with zero attached hydrogens (tertiary/aromatic N) is 4. The summed E-state index contributed by atoms with van der Waals surface area (Å²) in [6, 6.07) is 0. The van der Waals surface area contributed by atoms with Crippen molar-refractivity contribution < 1.29 is 9.59 Å². The van der Waals surface area contributed by atoms with Crippen LogP contribution in [0.2, 0.25) is 0 Å². The van der Waals surface area contributed by atoms with Gasteiger partial charge in [0, 0.05) is 32.6 Å². The van der Waals surface area contributed by atoms with Crippen molar-refractivity contribution in [3.8, 4) is 0 Å². The Hall–Kier alpha value is -1.57. The Morgan fingerprint density at radius 1 is 1.35 bits per heavy atom. The number of nitrogens with one attached hydrogen (secondary N) is 1. The fraction of sp³-hybridized carbons (Fsp3) is 0.778. The number of hydrogen-bond acceptors (Lipinski definition) is 5. The van der Waals surface area contributed by atoms with Gasteiger partial charge in [-0.05, 0) is 38.0 Å². The molecule has 0 bridgehead atoms. The lowest BCUT2D eigenvalue weighted by atomic mass is 9.78. The third kappa shape index (κ3) is 3.61. The molecule has 2 aliphatic heterocycles. The van der Waals surface area contributed by atoms with Gasteiger partial charge >= 0.3 is 0 Å². The monoisotopic (exact) mass is 377 g/mol. The van der Waals surface area contributed by atoms with Gasteiger partial charge in [0.2, 0.25) is 17.0 Å². The predicted octanol–water partition coefficient (Wildman–Crippen LogP) is 1.71. The highest BCUT2D eigenvalue weighted by molar-refractivity contribution is 7.99. The zero-order chi connectivity index (χ0) is 18.1. The van der Waals surface area contributed by atoms with Gasteiger partial charge in [-0.15, -0.1) is 5.10 Å². The van der Waals surface area contributed by atoms with E-state index in [1.54, 1.807) is 0 Å². The van der Waals surface area contributed by atoms with Crippen molar-refractivity contribution in [1.82, 2.24) is 25.0 Å². The SMILES string of the molecule is CCc1nc(SCC(=O)N2CC[C@@]3(CCCN(CC4CC4)C3=O)C2)n[nH]1. The van der Waals surface area contributed by atoms with E-state index >= 15 is 0 Å². The molecule has 1 N–H and O–H groups in total. The number of aromatic nitrogens is 3. The molecule has 0 unspecified atom stereocenters. The van der Waals surface area contributed by atoms with Crippen LogP contribution >= 0.6 is 11.8 Å². The minimum Gasteiger partial charge on any atom is -0.342 e. The molecular weight excluding hydrogens is 350 g/mol. The lowest BCUT2D eigenvalue weighted by Gasteiger charge is -2.39. The third-order valence-corrected chi connectivity index (χ3v) is 6.71. The number of carbonyl (C=O) groups is 2. The molecular formula is C18H27N5O2S. The number of aromatic amines is 1.